The maximum atomic E-state index is 13.0. The fourth-order valence-corrected chi connectivity index (χ4v) is 8.47. The molecule has 4 heteroatoms. The zero-order valence-electron chi connectivity index (χ0n) is 24.6. The largest absolute Gasteiger partial charge is 0.393 e. The van der Waals surface area contributed by atoms with Crippen molar-refractivity contribution in [1.29, 1.82) is 0 Å². The van der Waals surface area contributed by atoms with Crippen LogP contribution in [0.25, 0.3) is 0 Å². The number of Topliss-reactive ketones (excluding diaryl/α,β-unsaturated/α-hetero) is 1. The first kappa shape index (κ1) is 29.7. The van der Waals surface area contributed by atoms with Crippen molar-refractivity contribution in [3.05, 3.63) is 35.5 Å². The normalized spacial score (nSPS) is 34.9. The number of aliphatic hydroxyl groups excluding tert-OH is 3. The van der Waals surface area contributed by atoms with Crippen molar-refractivity contribution >= 4 is 5.78 Å². The van der Waals surface area contributed by atoms with E-state index >= 15 is 0 Å². The lowest BCUT2D eigenvalue weighted by Crippen LogP contribution is -2.39. The molecule has 214 valence electrons. The van der Waals surface area contributed by atoms with E-state index in [1.54, 1.807) is 0 Å². The SMILES string of the molecule is CCCCCCC(=O)C1([C@H](O)/C=C/C(C)(C)[C@H]2CC[C@H]3/C(=C/C=C4C[C@@H](O)C[C@H](O)C4)CCC[C@]23C)CC1. The molecule has 38 heavy (non-hydrogen) atoms. The van der Waals surface area contributed by atoms with E-state index in [2.05, 4.69) is 45.9 Å². The van der Waals surface area contributed by atoms with Crippen molar-refractivity contribution in [1.82, 2.24) is 0 Å². The molecule has 4 nitrogen and oxygen atoms in total. The van der Waals surface area contributed by atoms with Crippen LogP contribution >= 0.6 is 0 Å². The number of hydrogen-bond donors (Lipinski definition) is 3. The molecule has 0 saturated heterocycles. The first-order valence-corrected chi connectivity index (χ1v) is 15.7. The Morgan fingerprint density at radius 3 is 2.42 bits per heavy atom. The highest BCUT2D eigenvalue weighted by molar-refractivity contribution is 5.88. The molecular formula is C34H54O4. The number of aliphatic hydroxyl groups is 3. The first-order valence-electron chi connectivity index (χ1n) is 15.7. The van der Waals surface area contributed by atoms with Gasteiger partial charge in [-0.1, -0.05) is 82.4 Å². The average Bonchev–Trinajstić information content (AvgIpc) is 3.59. The highest BCUT2D eigenvalue weighted by Gasteiger charge is 2.55. The summed E-state index contributed by atoms with van der Waals surface area (Å²) in [6.07, 6.45) is 21.7. The van der Waals surface area contributed by atoms with Gasteiger partial charge in [-0.25, -0.2) is 0 Å². The Kier molecular flexibility index (Phi) is 9.48. The van der Waals surface area contributed by atoms with Gasteiger partial charge in [-0.2, -0.15) is 0 Å². The van der Waals surface area contributed by atoms with Gasteiger partial charge in [-0.05, 0) is 93.3 Å². The third-order valence-corrected chi connectivity index (χ3v) is 10.8. The molecule has 0 heterocycles. The van der Waals surface area contributed by atoms with E-state index in [1.807, 2.05) is 6.08 Å². The molecule has 4 rings (SSSR count). The van der Waals surface area contributed by atoms with Gasteiger partial charge in [0, 0.05) is 6.42 Å². The van der Waals surface area contributed by atoms with Gasteiger partial charge in [0.25, 0.3) is 0 Å². The lowest BCUT2D eigenvalue weighted by molar-refractivity contribution is -0.127. The predicted octanol–water partition coefficient (Wildman–Crippen LogP) is 7.22. The van der Waals surface area contributed by atoms with Crippen LogP contribution in [0.5, 0.6) is 0 Å². The molecular weight excluding hydrogens is 472 g/mol. The number of hydrogen-bond acceptors (Lipinski definition) is 4. The van der Waals surface area contributed by atoms with E-state index in [-0.39, 0.29) is 16.6 Å². The summed E-state index contributed by atoms with van der Waals surface area (Å²) in [5, 5.41) is 31.3. The summed E-state index contributed by atoms with van der Waals surface area (Å²) in [4.78, 5) is 13.0. The second-order valence-corrected chi connectivity index (χ2v) is 14.1. The first-order chi connectivity index (χ1) is 18.0. The van der Waals surface area contributed by atoms with Gasteiger partial charge in [0.05, 0.1) is 23.7 Å². The highest BCUT2D eigenvalue weighted by atomic mass is 16.3. The van der Waals surface area contributed by atoms with E-state index in [0.717, 1.165) is 37.7 Å². The van der Waals surface area contributed by atoms with Gasteiger partial charge < -0.3 is 15.3 Å². The maximum Gasteiger partial charge on any atom is 0.141 e. The van der Waals surface area contributed by atoms with Crippen LogP contribution in [-0.2, 0) is 4.79 Å². The summed E-state index contributed by atoms with van der Waals surface area (Å²) >= 11 is 0. The Balaban J connectivity index is 1.42. The van der Waals surface area contributed by atoms with E-state index in [1.165, 1.54) is 44.1 Å². The minimum Gasteiger partial charge on any atom is -0.393 e. The standard InChI is InChI=1S/C34H54O4/c1-5-6-7-8-11-30(37)34(19-20-34)31(38)16-18-32(2,3)29-15-14-28-25(10-9-17-33(28,29)4)13-12-24-21-26(35)23-27(36)22-24/h12-13,16,18,26-29,31,35-36,38H,5-11,14-15,17,19-23H2,1-4H3/b18-16+,25-13+/t26-,27-,28+,29-,31-,33+/m1/s1. The van der Waals surface area contributed by atoms with E-state index in [9.17, 15) is 20.1 Å². The van der Waals surface area contributed by atoms with Gasteiger partial charge in [0.15, 0.2) is 0 Å². The summed E-state index contributed by atoms with van der Waals surface area (Å²) in [5.41, 5.74) is 2.35. The topological polar surface area (TPSA) is 77.8 Å². The molecule has 0 aromatic heterocycles. The summed E-state index contributed by atoms with van der Waals surface area (Å²) in [6.45, 7) is 9.32. The zero-order valence-corrected chi connectivity index (χ0v) is 24.6. The van der Waals surface area contributed by atoms with Crippen molar-refractivity contribution in [2.45, 2.75) is 142 Å². The second-order valence-electron chi connectivity index (χ2n) is 14.1. The molecule has 0 amide bonds. The van der Waals surface area contributed by atoms with Crippen molar-refractivity contribution in [3.8, 4) is 0 Å². The Bertz CT molecular complexity index is 911. The second kappa shape index (κ2) is 12.1. The molecule has 0 aromatic carbocycles. The molecule has 4 saturated carbocycles. The summed E-state index contributed by atoms with van der Waals surface area (Å²) in [7, 11) is 0. The van der Waals surface area contributed by atoms with Crippen molar-refractivity contribution in [3.63, 3.8) is 0 Å². The van der Waals surface area contributed by atoms with Gasteiger partial charge in [0.2, 0.25) is 0 Å². The molecule has 4 aliphatic rings. The lowest BCUT2D eigenvalue weighted by atomic mass is 9.57. The summed E-state index contributed by atoms with van der Waals surface area (Å²) in [5.74, 6) is 1.36. The van der Waals surface area contributed by atoms with Gasteiger partial charge in [-0.15, -0.1) is 0 Å². The van der Waals surface area contributed by atoms with Crippen LogP contribution in [0.3, 0.4) is 0 Å². The van der Waals surface area contributed by atoms with Crippen molar-refractivity contribution in [2.24, 2.45) is 28.1 Å². The minimum atomic E-state index is -0.667. The summed E-state index contributed by atoms with van der Waals surface area (Å²) in [6, 6.07) is 0. The molecule has 0 aromatic rings. The highest BCUT2D eigenvalue weighted by Crippen LogP contribution is 2.62. The molecule has 0 spiro atoms. The minimum absolute atomic E-state index is 0.0523. The Hall–Kier alpha value is -1.23. The van der Waals surface area contributed by atoms with E-state index < -0.39 is 23.7 Å². The van der Waals surface area contributed by atoms with Gasteiger partial charge in [-0.3, -0.25) is 4.79 Å². The van der Waals surface area contributed by atoms with Gasteiger partial charge >= 0.3 is 0 Å². The third kappa shape index (κ3) is 6.39. The smallest absolute Gasteiger partial charge is 0.141 e. The van der Waals surface area contributed by atoms with Crippen molar-refractivity contribution < 1.29 is 20.1 Å². The van der Waals surface area contributed by atoms with Crippen LogP contribution in [-0.4, -0.2) is 39.4 Å². The van der Waals surface area contributed by atoms with E-state index in [4.69, 9.17) is 0 Å². The number of fused-ring (bicyclic) bond motifs is 1. The van der Waals surface area contributed by atoms with Crippen LogP contribution in [0.1, 0.15) is 124 Å². The average molecular weight is 527 g/mol. The Morgan fingerprint density at radius 2 is 1.76 bits per heavy atom. The lowest BCUT2D eigenvalue weighted by Gasteiger charge is -2.47. The van der Waals surface area contributed by atoms with Crippen LogP contribution in [0.2, 0.25) is 0 Å². The van der Waals surface area contributed by atoms with Crippen LogP contribution in [0.15, 0.2) is 35.5 Å². The number of carbonyl (C=O) groups excluding carboxylic acids is 1. The quantitative estimate of drug-likeness (QED) is 0.196. The molecule has 0 aliphatic heterocycles. The van der Waals surface area contributed by atoms with Crippen LogP contribution < -0.4 is 0 Å². The monoisotopic (exact) mass is 526 g/mol. The molecule has 6 atom stereocenters. The number of ketones is 1. The number of carbonyl (C=O) groups is 1. The molecule has 0 bridgehead atoms. The van der Waals surface area contributed by atoms with Crippen LogP contribution in [0, 0.1) is 28.1 Å². The zero-order chi connectivity index (χ0) is 27.6. The van der Waals surface area contributed by atoms with Crippen molar-refractivity contribution in [2.75, 3.05) is 0 Å². The fraction of sp³-hybridized carbons (Fsp3) is 0.794. The van der Waals surface area contributed by atoms with Gasteiger partial charge in [0.1, 0.15) is 5.78 Å². The van der Waals surface area contributed by atoms with E-state index in [0.29, 0.717) is 37.5 Å². The molecule has 0 unspecified atom stereocenters. The molecule has 0 radical (unpaired) electrons. The van der Waals surface area contributed by atoms with Crippen LogP contribution in [0.4, 0.5) is 0 Å². The molecule has 4 aliphatic carbocycles. The molecule has 3 N–H and O–H groups in total. The third-order valence-electron chi connectivity index (χ3n) is 10.8. The predicted molar refractivity (Wildman–Crippen MR) is 155 cm³/mol. The number of rotatable bonds is 11. The summed E-state index contributed by atoms with van der Waals surface area (Å²) < 4.78 is 0. The maximum absolute atomic E-state index is 13.0. The Labute approximate surface area is 231 Å². The molecule has 4 fully saturated rings. The number of allylic oxidation sites excluding steroid dienone is 4. The number of unbranched alkanes of at least 4 members (excludes halogenated alkanes) is 3. The fourth-order valence-electron chi connectivity index (χ4n) is 8.47. The Morgan fingerprint density at radius 1 is 1.05 bits per heavy atom.